The predicted molar refractivity (Wildman–Crippen MR) is 102 cm³/mol. The summed E-state index contributed by atoms with van der Waals surface area (Å²) >= 11 is 0. The Labute approximate surface area is 152 Å². The van der Waals surface area contributed by atoms with E-state index in [2.05, 4.69) is 13.8 Å². The van der Waals surface area contributed by atoms with E-state index in [1.165, 1.54) is 0 Å². The number of rotatable bonds is 9. The summed E-state index contributed by atoms with van der Waals surface area (Å²) in [5, 5.41) is 9.24. The Balaban J connectivity index is 0.00000312. The number of carboxylic acid groups (broad SMARTS) is 1. The minimum atomic E-state index is -0.794. The average Bonchev–Trinajstić information content (AvgIpc) is 2.62. The zero-order chi connectivity index (χ0) is 17.4. The van der Waals surface area contributed by atoms with Crippen molar-refractivity contribution in [2.24, 2.45) is 5.92 Å². The fourth-order valence-corrected chi connectivity index (χ4v) is 2.82. The van der Waals surface area contributed by atoms with Crippen molar-refractivity contribution in [1.82, 2.24) is 0 Å². The zero-order valence-corrected chi connectivity index (χ0v) is 15.0. The highest BCUT2D eigenvalue weighted by Crippen LogP contribution is 2.29. The van der Waals surface area contributed by atoms with Gasteiger partial charge in [-0.25, -0.2) is 0 Å². The Morgan fingerprint density at radius 2 is 1.52 bits per heavy atom. The van der Waals surface area contributed by atoms with Gasteiger partial charge in [0.15, 0.2) is 0 Å². The second-order valence-electron chi connectivity index (χ2n) is 6.12. The third-order valence-electron chi connectivity index (χ3n) is 4.50. The molecule has 0 fully saturated rings. The van der Waals surface area contributed by atoms with Crippen molar-refractivity contribution in [3.8, 4) is 5.75 Å². The van der Waals surface area contributed by atoms with Crippen LogP contribution < -0.4 is 4.74 Å². The SMILES string of the molecule is CCC(CC)COc1ccc(C(CC(=O)O)c2ccccc2)cc1.[B]. The maximum Gasteiger partial charge on any atom is 0.304 e. The van der Waals surface area contributed by atoms with Crippen molar-refractivity contribution in [2.45, 2.75) is 39.0 Å². The lowest BCUT2D eigenvalue weighted by atomic mass is 9.88. The fourth-order valence-electron chi connectivity index (χ4n) is 2.82. The quantitative estimate of drug-likeness (QED) is 0.673. The highest BCUT2D eigenvalue weighted by atomic mass is 16.5. The Bertz CT molecular complexity index is 621. The molecular formula is C21H26BO3. The Kier molecular flexibility index (Phi) is 8.83. The Morgan fingerprint density at radius 3 is 2.04 bits per heavy atom. The van der Waals surface area contributed by atoms with E-state index in [1.54, 1.807) is 0 Å². The summed E-state index contributed by atoms with van der Waals surface area (Å²) in [7, 11) is 0. The molecule has 2 aromatic rings. The molecule has 0 aliphatic heterocycles. The van der Waals surface area contributed by atoms with Crippen LogP contribution in [0.2, 0.25) is 0 Å². The number of benzene rings is 2. The molecule has 0 bridgehead atoms. The fraction of sp³-hybridized carbons (Fsp3) is 0.381. The lowest BCUT2D eigenvalue weighted by Crippen LogP contribution is -2.10. The third kappa shape index (κ3) is 6.30. The van der Waals surface area contributed by atoms with Gasteiger partial charge in [-0.15, -0.1) is 0 Å². The first-order valence-electron chi connectivity index (χ1n) is 8.63. The molecule has 3 nitrogen and oxygen atoms in total. The number of ether oxygens (including phenoxy) is 1. The lowest BCUT2D eigenvalue weighted by Gasteiger charge is -2.17. The molecule has 0 aromatic heterocycles. The van der Waals surface area contributed by atoms with Crippen LogP contribution >= 0.6 is 0 Å². The minimum absolute atomic E-state index is 0. The molecule has 0 aliphatic rings. The molecule has 0 saturated heterocycles. The van der Waals surface area contributed by atoms with E-state index < -0.39 is 5.97 Å². The van der Waals surface area contributed by atoms with Gasteiger partial charge in [0, 0.05) is 14.3 Å². The number of hydrogen-bond acceptors (Lipinski definition) is 2. The summed E-state index contributed by atoms with van der Waals surface area (Å²) in [4.78, 5) is 11.2. The van der Waals surface area contributed by atoms with E-state index in [0.29, 0.717) is 5.92 Å². The topological polar surface area (TPSA) is 46.5 Å². The summed E-state index contributed by atoms with van der Waals surface area (Å²) in [5.41, 5.74) is 2.02. The van der Waals surface area contributed by atoms with E-state index in [-0.39, 0.29) is 20.8 Å². The molecule has 2 rings (SSSR count). The first-order valence-corrected chi connectivity index (χ1v) is 8.63. The molecule has 25 heavy (non-hydrogen) atoms. The molecular weight excluding hydrogens is 311 g/mol. The summed E-state index contributed by atoms with van der Waals surface area (Å²) in [5.74, 6) is 0.483. The zero-order valence-electron chi connectivity index (χ0n) is 15.0. The van der Waals surface area contributed by atoms with Gasteiger partial charge in [0.2, 0.25) is 0 Å². The number of aliphatic carboxylic acids is 1. The second kappa shape index (κ2) is 10.6. The molecule has 0 amide bonds. The van der Waals surface area contributed by atoms with Crippen LogP contribution in [0.4, 0.5) is 0 Å². The molecule has 3 radical (unpaired) electrons. The summed E-state index contributed by atoms with van der Waals surface area (Å²) < 4.78 is 5.86. The van der Waals surface area contributed by atoms with Crippen molar-refractivity contribution in [3.05, 3.63) is 65.7 Å². The molecule has 131 valence electrons. The normalized spacial score (nSPS) is 11.6. The molecule has 2 aromatic carbocycles. The largest absolute Gasteiger partial charge is 0.493 e. The van der Waals surface area contributed by atoms with Gasteiger partial charge in [0.05, 0.1) is 13.0 Å². The van der Waals surface area contributed by atoms with Crippen molar-refractivity contribution >= 4 is 14.4 Å². The van der Waals surface area contributed by atoms with E-state index in [1.807, 2.05) is 54.6 Å². The van der Waals surface area contributed by atoms with E-state index in [9.17, 15) is 9.90 Å². The maximum atomic E-state index is 11.2. The van der Waals surface area contributed by atoms with Gasteiger partial charge in [-0.05, 0) is 29.2 Å². The van der Waals surface area contributed by atoms with E-state index in [4.69, 9.17) is 4.74 Å². The summed E-state index contributed by atoms with van der Waals surface area (Å²) in [6.45, 7) is 5.08. The van der Waals surface area contributed by atoms with Crippen molar-refractivity contribution in [3.63, 3.8) is 0 Å². The van der Waals surface area contributed by atoms with E-state index in [0.717, 1.165) is 36.3 Å². The Hall–Kier alpha value is -2.23. The van der Waals surface area contributed by atoms with Crippen molar-refractivity contribution in [2.75, 3.05) is 6.61 Å². The standard InChI is InChI=1S/C21H26O3.B/c1-3-16(4-2)15-24-19-12-10-18(11-13-19)20(14-21(22)23)17-8-6-5-7-9-17;/h5-13,16,20H,3-4,14-15H2,1-2H3,(H,22,23);. The number of carboxylic acids is 1. The molecule has 0 spiro atoms. The monoisotopic (exact) mass is 337 g/mol. The van der Waals surface area contributed by atoms with Gasteiger partial charge in [-0.1, -0.05) is 69.2 Å². The maximum absolute atomic E-state index is 11.2. The van der Waals surface area contributed by atoms with Crippen LogP contribution in [0.3, 0.4) is 0 Å². The van der Waals surface area contributed by atoms with Gasteiger partial charge in [0.25, 0.3) is 0 Å². The summed E-state index contributed by atoms with van der Waals surface area (Å²) in [6, 6.07) is 17.6. The number of hydrogen-bond donors (Lipinski definition) is 1. The number of carbonyl (C=O) groups is 1. The smallest absolute Gasteiger partial charge is 0.304 e. The molecule has 4 heteroatoms. The van der Waals surface area contributed by atoms with Gasteiger partial charge in [-0.3, -0.25) is 4.79 Å². The van der Waals surface area contributed by atoms with Crippen LogP contribution in [0.5, 0.6) is 5.75 Å². The molecule has 1 atom stereocenters. The third-order valence-corrected chi connectivity index (χ3v) is 4.50. The first-order chi connectivity index (χ1) is 11.6. The van der Waals surface area contributed by atoms with Crippen LogP contribution in [-0.4, -0.2) is 26.1 Å². The van der Waals surface area contributed by atoms with Crippen molar-refractivity contribution in [1.29, 1.82) is 0 Å². The van der Waals surface area contributed by atoms with Crippen LogP contribution in [0.1, 0.15) is 50.2 Å². The van der Waals surface area contributed by atoms with Crippen LogP contribution in [0.25, 0.3) is 0 Å². The molecule has 0 saturated carbocycles. The lowest BCUT2D eigenvalue weighted by molar-refractivity contribution is -0.137. The Morgan fingerprint density at radius 1 is 0.960 bits per heavy atom. The van der Waals surface area contributed by atoms with Crippen molar-refractivity contribution < 1.29 is 14.6 Å². The molecule has 1 unspecified atom stereocenters. The van der Waals surface area contributed by atoms with Gasteiger partial charge >= 0.3 is 5.97 Å². The van der Waals surface area contributed by atoms with Crippen LogP contribution in [0.15, 0.2) is 54.6 Å². The highest BCUT2D eigenvalue weighted by Gasteiger charge is 2.17. The van der Waals surface area contributed by atoms with Gasteiger partial charge in [-0.2, -0.15) is 0 Å². The second-order valence-corrected chi connectivity index (χ2v) is 6.12. The minimum Gasteiger partial charge on any atom is -0.493 e. The molecule has 0 aliphatic carbocycles. The van der Waals surface area contributed by atoms with Gasteiger partial charge < -0.3 is 9.84 Å². The van der Waals surface area contributed by atoms with Gasteiger partial charge in [0.1, 0.15) is 5.75 Å². The first kappa shape index (κ1) is 20.8. The highest BCUT2D eigenvalue weighted by molar-refractivity contribution is 5.75. The van der Waals surface area contributed by atoms with E-state index >= 15 is 0 Å². The summed E-state index contributed by atoms with van der Waals surface area (Å²) in [6.07, 6.45) is 2.31. The van der Waals surface area contributed by atoms with Crippen LogP contribution in [0, 0.1) is 5.92 Å². The molecule has 0 heterocycles. The average molecular weight is 337 g/mol. The molecule has 1 N–H and O–H groups in total. The predicted octanol–water partition coefficient (Wildman–Crippen LogP) is 4.73. The van der Waals surface area contributed by atoms with Crippen LogP contribution in [-0.2, 0) is 4.79 Å².